The van der Waals surface area contributed by atoms with E-state index in [9.17, 15) is 4.79 Å². The van der Waals surface area contributed by atoms with E-state index >= 15 is 0 Å². The maximum atomic E-state index is 11.5. The maximum absolute atomic E-state index is 11.5. The first kappa shape index (κ1) is 15.5. The number of hydrogen-bond acceptors (Lipinski definition) is 3. The van der Waals surface area contributed by atoms with Gasteiger partial charge >= 0.3 is 0 Å². The molecule has 0 bridgehead atoms. The van der Waals surface area contributed by atoms with Gasteiger partial charge in [-0.25, -0.2) is 5.84 Å². The van der Waals surface area contributed by atoms with Crippen molar-refractivity contribution in [3.63, 3.8) is 0 Å². The molecule has 2 rings (SSSR count). The predicted octanol–water partition coefficient (Wildman–Crippen LogP) is 2.67. The Hall–Kier alpha value is -0.910. The predicted molar refractivity (Wildman–Crippen MR) is 84.1 cm³/mol. The SMILES string of the molecule is CC(C)C1CCCN1Cc1ccc(C(=O)NN)cc1Br. The smallest absolute Gasteiger partial charge is 0.265 e. The summed E-state index contributed by atoms with van der Waals surface area (Å²) in [6.45, 7) is 6.65. The maximum Gasteiger partial charge on any atom is 0.265 e. The molecule has 1 fully saturated rings. The molecule has 1 aromatic rings. The van der Waals surface area contributed by atoms with Crippen molar-refractivity contribution in [1.82, 2.24) is 10.3 Å². The Morgan fingerprint density at radius 1 is 1.55 bits per heavy atom. The number of carbonyl (C=O) groups is 1. The molecule has 110 valence electrons. The quantitative estimate of drug-likeness (QED) is 0.503. The van der Waals surface area contributed by atoms with E-state index in [0.717, 1.165) is 17.6 Å². The molecule has 1 saturated heterocycles. The normalized spacial score (nSPS) is 19.6. The molecule has 4 nitrogen and oxygen atoms in total. The Morgan fingerprint density at radius 3 is 2.90 bits per heavy atom. The number of carbonyl (C=O) groups excluding carboxylic acids is 1. The third-order valence-electron chi connectivity index (χ3n) is 4.00. The molecule has 0 saturated carbocycles. The number of halogens is 1. The van der Waals surface area contributed by atoms with Crippen LogP contribution < -0.4 is 11.3 Å². The first-order chi connectivity index (χ1) is 9.52. The summed E-state index contributed by atoms with van der Waals surface area (Å²) in [5, 5.41) is 0. The molecule has 1 atom stereocenters. The molecule has 1 amide bonds. The summed E-state index contributed by atoms with van der Waals surface area (Å²) in [7, 11) is 0. The summed E-state index contributed by atoms with van der Waals surface area (Å²) in [6, 6.07) is 6.32. The van der Waals surface area contributed by atoms with E-state index in [1.165, 1.54) is 18.4 Å². The van der Waals surface area contributed by atoms with Crippen LogP contribution in [-0.4, -0.2) is 23.4 Å². The first-order valence-corrected chi connectivity index (χ1v) is 7.85. The number of nitrogens with one attached hydrogen (secondary N) is 1. The summed E-state index contributed by atoms with van der Waals surface area (Å²) in [6.07, 6.45) is 2.55. The second-order valence-corrected chi connectivity index (χ2v) is 6.56. The van der Waals surface area contributed by atoms with Crippen molar-refractivity contribution < 1.29 is 4.79 Å². The van der Waals surface area contributed by atoms with Crippen molar-refractivity contribution in [1.29, 1.82) is 0 Å². The molecule has 1 heterocycles. The summed E-state index contributed by atoms with van der Waals surface area (Å²) in [5.74, 6) is 5.57. The van der Waals surface area contributed by atoms with E-state index in [-0.39, 0.29) is 5.91 Å². The second kappa shape index (κ2) is 6.70. The van der Waals surface area contributed by atoms with Crippen LogP contribution >= 0.6 is 15.9 Å². The fourth-order valence-electron chi connectivity index (χ4n) is 2.92. The van der Waals surface area contributed by atoms with E-state index in [0.29, 0.717) is 17.5 Å². The summed E-state index contributed by atoms with van der Waals surface area (Å²) < 4.78 is 0.966. The van der Waals surface area contributed by atoms with Crippen LogP contribution in [0.2, 0.25) is 0 Å². The molecule has 1 aromatic carbocycles. The molecule has 20 heavy (non-hydrogen) atoms. The van der Waals surface area contributed by atoms with Gasteiger partial charge in [-0.1, -0.05) is 35.8 Å². The molecule has 0 spiro atoms. The van der Waals surface area contributed by atoms with E-state index in [1.807, 2.05) is 18.2 Å². The van der Waals surface area contributed by atoms with Gasteiger partial charge in [-0.3, -0.25) is 15.1 Å². The van der Waals surface area contributed by atoms with E-state index in [2.05, 4.69) is 40.1 Å². The van der Waals surface area contributed by atoms with Crippen molar-refractivity contribution >= 4 is 21.8 Å². The van der Waals surface area contributed by atoms with Gasteiger partial charge in [-0.2, -0.15) is 0 Å². The summed E-state index contributed by atoms with van der Waals surface area (Å²) in [4.78, 5) is 14.0. The highest BCUT2D eigenvalue weighted by molar-refractivity contribution is 9.10. The van der Waals surface area contributed by atoms with Crippen LogP contribution in [-0.2, 0) is 6.54 Å². The summed E-state index contributed by atoms with van der Waals surface area (Å²) >= 11 is 3.56. The lowest BCUT2D eigenvalue weighted by Crippen LogP contribution is -2.33. The minimum absolute atomic E-state index is 0.265. The van der Waals surface area contributed by atoms with Crippen molar-refractivity contribution in [2.45, 2.75) is 39.3 Å². The van der Waals surface area contributed by atoms with Gasteiger partial charge in [0.2, 0.25) is 0 Å². The average Bonchev–Trinajstić information content (AvgIpc) is 2.88. The van der Waals surface area contributed by atoms with Gasteiger partial charge in [-0.15, -0.1) is 0 Å². The van der Waals surface area contributed by atoms with Crippen LogP contribution in [0, 0.1) is 5.92 Å². The molecule has 5 heteroatoms. The number of benzene rings is 1. The van der Waals surface area contributed by atoms with Crippen molar-refractivity contribution in [2.24, 2.45) is 11.8 Å². The highest BCUT2D eigenvalue weighted by Gasteiger charge is 2.27. The highest BCUT2D eigenvalue weighted by atomic mass is 79.9. The zero-order chi connectivity index (χ0) is 14.7. The Morgan fingerprint density at radius 2 is 2.30 bits per heavy atom. The summed E-state index contributed by atoms with van der Waals surface area (Å²) in [5.41, 5.74) is 3.94. The van der Waals surface area contributed by atoms with Crippen LogP contribution in [0.3, 0.4) is 0 Å². The number of nitrogen functional groups attached to an aromatic ring is 1. The van der Waals surface area contributed by atoms with Crippen LogP contribution in [0.1, 0.15) is 42.6 Å². The van der Waals surface area contributed by atoms with Crippen LogP contribution in [0.5, 0.6) is 0 Å². The Bertz CT molecular complexity index is 490. The van der Waals surface area contributed by atoms with Gasteiger partial charge in [0.05, 0.1) is 0 Å². The van der Waals surface area contributed by atoms with Gasteiger partial charge in [0.15, 0.2) is 0 Å². The number of rotatable bonds is 4. The number of nitrogens with zero attached hydrogens (tertiary/aromatic N) is 1. The molecule has 0 aromatic heterocycles. The molecule has 0 aliphatic carbocycles. The fourth-order valence-corrected chi connectivity index (χ4v) is 3.43. The zero-order valence-corrected chi connectivity index (χ0v) is 13.6. The van der Waals surface area contributed by atoms with E-state index < -0.39 is 0 Å². The van der Waals surface area contributed by atoms with Crippen molar-refractivity contribution in [3.8, 4) is 0 Å². The van der Waals surface area contributed by atoms with Gasteiger partial charge in [0.1, 0.15) is 0 Å². The van der Waals surface area contributed by atoms with Gasteiger partial charge in [0.25, 0.3) is 5.91 Å². The Kier molecular flexibility index (Phi) is 5.18. The van der Waals surface area contributed by atoms with Crippen molar-refractivity contribution in [2.75, 3.05) is 6.54 Å². The number of nitrogens with two attached hydrogens (primary N) is 1. The van der Waals surface area contributed by atoms with E-state index in [1.54, 1.807) is 0 Å². The topological polar surface area (TPSA) is 58.4 Å². The molecular weight excluding hydrogens is 318 g/mol. The number of hydrogen-bond donors (Lipinski definition) is 2. The molecule has 1 unspecified atom stereocenters. The van der Waals surface area contributed by atoms with Gasteiger partial charge in [0, 0.05) is 22.6 Å². The van der Waals surface area contributed by atoms with Crippen LogP contribution in [0.25, 0.3) is 0 Å². The van der Waals surface area contributed by atoms with Gasteiger partial charge < -0.3 is 0 Å². The molecule has 1 aliphatic heterocycles. The molecule has 3 N–H and O–H groups in total. The monoisotopic (exact) mass is 339 g/mol. The standard InChI is InChI=1S/C15H22BrN3O/c1-10(2)14-4-3-7-19(14)9-12-6-5-11(8-13(12)16)15(20)18-17/h5-6,8,10,14H,3-4,7,9,17H2,1-2H3,(H,18,20). The van der Waals surface area contributed by atoms with Crippen LogP contribution in [0.4, 0.5) is 0 Å². The molecule has 0 radical (unpaired) electrons. The van der Waals surface area contributed by atoms with Crippen LogP contribution in [0.15, 0.2) is 22.7 Å². The Balaban J connectivity index is 2.12. The minimum Gasteiger partial charge on any atom is -0.296 e. The number of amides is 1. The molecular formula is C15H22BrN3O. The van der Waals surface area contributed by atoms with Gasteiger partial charge in [-0.05, 0) is 43.0 Å². The largest absolute Gasteiger partial charge is 0.296 e. The number of likely N-dealkylation sites (tertiary alicyclic amines) is 1. The second-order valence-electron chi connectivity index (χ2n) is 5.70. The highest BCUT2D eigenvalue weighted by Crippen LogP contribution is 2.28. The van der Waals surface area contributed by atoms with E-state index in [4.69, 9.17) is 5.84 Å². The number of hydrazine groups is 1. The lowest BCUT2D eigenvalue weighted by Gasteiger charge is -2.28. The fraction of sp³-hybridized carbons (Fsp3) is 0.533. The Labute approximate surface area is 128 Å². The lowest BCUT2D eigenvalue weighted by atomic mass is 10.0. The molecule has 1 aliphatic rings. The lowest BCUT2D eigenvalue weighted by molar-refractivity contribution is 0.0953. The zero-order valence-electron chi connectivity index (χ0n) is 12.0. The minimum atomic E-state index is -0.265. The average molecular weight is 340 g/mol. The van der Waals surface area contributed by atoms with Crippen molar-refractivity contribution in [3.05, 3.63) is 33.8 Å². The first-order valence-electron chi connectivity index (χ1n) is 7.06. The third-order valence-corrected chi connectivity index (χ3v) is 4.74. The third kappa shape index (κ3) is 3.40.